The van der Waals surface area contributed by atoms with Crippen LogP contribution in [0.25, 0.3) is 0 Å². The highest BCUT2D eigenvalue weighted by molar-refractivity contribution is 5.79. The van der Waals surface area contributed by atoms with Crippen LogP contribution in [0.15, 0.2) is 29.4 Å². The highest BCUT2D eigenvalue weighted by Gasteiger charge is 2.39. The van der Waals surface area contributed by atoms with E-state index in [-0.39, 0.29) is 5.79 Å². The molecule has 2 saturated heterocycles. The molecular weight excluding hydrogens is 244 g/mol. The fourth-order valence-corrected chi connectivity index (χ4v) is 2.73. The Morgan fingerprint density at radius 2 is 1.74 bits per heavy atom. The standard InChI is InChI=1S/C14H18N2O3/c17-15-11-12-1-3-13(4-2-12)16-7-5-14(6-8-16)18-9-10-19-14/h1-4,11,17H,5-10H2. The van der Waals surface area contributed by atoms with Gasteiger partial charge in [-0.1, -0.05) is 17.3 Å². The first kappa shape index (κ1) is 12.4. The van der Waals surface area contributed by atoms with E-state index in [2.05, 4.69) is 10.1 Å². The molecule has 0 unspecified atom stereocenters. The second-order valence-electron chi connectivity index (χ2n) is 4.93. The number of anilines is 1. The van der Waals surface area contributed by atoms with Crippen LogP contribution in [0.5, 0.6) is 0 Å². The van der Waals surface area contributed by atoms with Gasteiger partial charge in [0.05, 0.1) is 19.4 Å². The number of nitrogens with zero attached hydrogens (tertiary/aromatic N) is 2. The van der Waals surface area contributed by atoms with Gasteiger partial charge >= 0.3 is 0 Å². The predicted molar refractivity (Wildman–Crippen MR) is 71.9 cm³/mol. The van der Waals surface area contributed by atoms with Gasteiger partial charge in [-0.3, -0.25) is 0 Å². The lowest BCUT2D eigenvalue weighted by Crippen LogP contribution is -2.45. The van der Waals surface area contributed by atoms with Crippen LogP contribution in [0.4, 0.5) is 5.69 Å². The van der Waals surface area contributed by atoms with Crippen molar-refractivity contribution in [3.63, 3.8) is 0 Å². The second-order valence-corrected chi connectivity index (χ2v) is 4.93. The van der Waals surface area contributed by atoms with E-state index in [1.807, 2.05) is 24.3 Å². The molecule has 0 aliphatic carbocycles. The van der Waals surface area contributed by atoms with E-state index in [4.69, 9.17) is 14.7 Å². The molecular formula is C14H18N2O3. The van der Waals surface area contributed by atoms with Crippen molar-refractivity contribution in [3.8, 4) is 0 Å². The number of rotatable bonds is 2. The Morgan fingerprint density at radius 1 is 1.11 bits per heavy atom. The average Bonchev–Trinajstić information content (AvgIpc) is 2.90. The Bertz CT molecular complexity index is 442. The zero-order chi connectivity index (χ0) is 13.1. The van der Waals surface area contributed by atoms with Crippen molar-refractivity contribution in [2.75, 3.05) is 31.2 Å². The summed E-state index contributed by atoms with van der Waals surface area (Å²) in [5, 5.41) is 11.5. The van der Waals surface area contributed by atoms with Gasteiger partial charge in [-0.15, -0.1) is 0 Å². The molecule has 1 aromatic carbocycles. The molecule has 5 nitrogen and oxygen atoms in total. The zero-order valence-corrected chi connectivity index (χ0v) is 10.8. The molecule has 19 heavy (non-hydrogen) atoms. The first-order chi connectivity index (χ1) is 9.31. The molecule has 1 aromatic rings. The Hall–Kier alpha value is -1.59. The van der Waals surface area contributed by atoms with Crippen LogP contribution in [0.3, 0.4) is 0 Å². The maximum absolute atomic E-state index is 8.49. The quantitative estimate of drug-likeness (QED) is 0.502. The number of benzene rings is 1. The van der Waals surface area contributed by atoms with Gasteiger partial charge in [-0.25, -0.2) is 0 Å². The summed E-state index contributed by atoms with van der Waals surface area (Å²) in [6.07, 6.45) is 3.24. The molecule has 2 heterocycles. The smallest absolute Gasteiger partial charge is 0.171 e. The van der Waals surface area contributed by atoms with Crippen LogP contribution in [0.1, 0.15) is 18.4 Å². The van der Waals surface area contributed by atoms with Crippen LogP contribution in [0.2, 0.25) is 0 Å². The summed E-state index contributed by atoms with van der Waals surface area (Å²) in [5.41, 5.74) is 2.07. The van der Waals surface area contributed by atoms with Gasteiger partial charge in [0.1, 0.15) is 0 Å². The third kappa shape index (κ3) is 2.57. The number of piperidine rings is 1. The molecule has 1 spiro atoms. The van der Waals surface area contributed by atoms with E-state index in [0.717, 1.165) is 44.7 Å². The van der Waals surface area contributed by atoms with Gasteiger partial charge in [0.15, 0.2) is 5.79 Å². The van der Waals surface area contributed by atoms with Gasteiger partial charge in [-0.05, 0) is 17.7 Å². The third-order valence-electron chi connectivity index (χ3n) is 3.80. The first-order valence-electron chi connectivity index (χ1n) is 6.62. The molecule has 0 saturated carbocycles. The van der Waals surface area contributed by atoms with E-state index < -0.39 is 0 Å². The monoisotopic (exact) mass is 262 g/mol. The SMILES string of the molecule is ON=Cc1ccc(N2CCC3(CC2)OCCO3)cc1. The minimum atomic E-state index is -0.319. The number of hydrogen-bond donors (Lipinski definition) is 1. The lowest BCUT2D eigenvalue weighted by atomic mass is 10.0. The predicted octanol–water partition coefficient (Wildman–Crippen LogP) is 1.84. The van der Waals surface area contributed by atoms with Crippen molar-refractivity contribution >= 4 is 11.9 Å². The lowest BCUT2D eigenvalue weighted by Gasteiger charge is -2.38. The minimum absolute atomic E-state index is 0.319. The molecule has 0 aromatic heterocycles. The fraction of sp³-hybridized carbons (Fsp3) is 0.500. The van der Waals surface area contributed by atoms with E-state index in [0.29, 0.717) is 0 Å². The highest BCUT2D eigenvalue weighted by Crippen LogP contribution is 2.33. The Morgan fingerprint density at radius 3 is 2.32 bits per heavy atom. The molecule has 5 heteroatoms. The number of hydrogen-bond acceptors (Lipinski definition) is 5. The van der Waals surface area contributed by atoms with Crippen LogP contribution in [0, 0.1) is 0 Å². The molecule has 2 fully saturated rings. The second kappa shape index (κ2) is 5.19. The summed E-state index contributed by atoms with van der Waals surface area (Å²) in [5.74, 6) is -0.319. The van der Waals surface area contributed by atoms with Crippen molar-refractivity contribution in [2.24, 2.45) is 5.16 Å². The van der Waals surface area contributed by atoms with Gasteiger partial charge < -0.3 is 19.6 Å². The molecule has 2 aliphatic rings. The molecule has 3 rings (SSSR count). The average molecular weight is 262 g/mol. The fourth-order valence-electron chi connectivity index (χ4n) is 2.73. The van der Waals surface area contributed by atoms with Gasteiger partial charge in [-0.2, -0.15) is 0 Å². The lowest BCUT2D eigenvalue weighted by molar-refractivity contribution is -0.169. The van der Waals surface area contributed by atoms with Gasteiger partial charge in [0.2, 0.25) is 0 Å². The third-order valence-corrected chi connectivity index (χ3v) is 3.80. The largest absolute Gasteiger partial charge is 0.411 e. The van der Waals surface area contributed by atoms with Crippen LogP contribution in [-0.4, -0.2) is 43.5 Å². The van der Waals surface area contributed by atoms with Crippen molar-refractivity contribution in [1.29, 1.82) is 0 Å². The molecule has 102 valence electrons. The molecule has 0 atom stereocenters. The van der Waals surface area contributed by atoms with E-state index in [1.54, 1.807) is 0 Å². The molecule has 1 N–H and O–H groups in total. The van der Waals surface area contributed by atoms with Crippen molar-refractivity contribution in [3.05, 3.63) is 29.8 Å². The summed E-state index contributed by atoms with van der Waals surface area (Å²) in [6.45, 7) is 3.31. The van der Waals surface area contributed by atoms with Crippen molar-refractivity contribution < 1.29 is 14.7 Å². The Kier molecular flexibility index (Phi) is 3.40. The normalized spacial score (nSPS) is 22.4. The van der Waals surface area contributed by atoms with Crippen LogP contribution >= 0.6 is 0 Å². The molecule has 0 bridgehead atoms. The van der Waals surface area contributed by atoms with Gasteiger partial charge in [0, 0.05) is 31.6 Å². The van der Waals surface area contributed by atoms with Crippen LogP contribution in [-0.2, 0) is 9.47 Å². The zero-order valence-electron chi connectivity index (χ0n) is 10.8. The van der Waals surface area contributed by atoms with E-state index in [1.165, 1.54) is 11.9 Å². The summed E-state index contributed by atoms with van der Waals surface area (Å²) in [4.78, 5) is 2.33. The summed E-state index contributed by atoms with van der Waals surface area (Å²) >= 11 is 0. The number of oxime groups is 1. The maximum Gasteiger partial charge on any atom is 0.171 e. The first-order valence-corrected chi connectivity index (χ1v) is 6.62. The Balaban J connectivity index is 1.64. The number of ether oxygens (including phenoxy) is 2. The maximum atomic E-state index is 8.49. The molecule has 0 amide bonds. The Labute approximate surface area is 112 Å². The molecule has 2 aliphatic heterocycles. The minimum Gasteiger partial charge on any atom is -0.411 e. The topological polar surface area (TPSA) is 54.3 Å². The van der Waals surface area contributed by atoms with E-state index in [9.17, 15) is 0 Å². The highest BCUT2D eigenvalue weighted by atomic mass is 16.7. The van der Waals surface area contributed by atoms with Crippen molar-refractivity contribution in [1.82, 2.24) is 0 Å². The van der Waals surface area contributed by atoms with Crippen LogP contribution < -0.4 is 4.90 Å². The summed E-state index contributed by atoms with van der Waals surface area (Å²) in [6, 6.07) is 7.99. The van der Waals surface area contributed by atoms with E-state index >= 15 is 0 Å². The summed E-state index contributed by atoms with van der Waals surface area (Å²) < 4.78 is 11.4. The van der Waals surface area contributed by atoms with Crippen molar-refractivity contribution in [2.45, 2.75) is 18.6 Å². The summed E-state index contributed by atoms with van der Waals surface area (Å²) in [7, 11) is 0. The molecule has 0 radical (unpaired) electrons. The van der Waals surface area contributed by atoms with Gasteiger partial charge in [0.25, 0.3) is 0 Å².